The van der Waals surface area contributed by atoms with Gasteiger partial charge in [0.25, 0.3) is 0 Å². The molecule has 3 aromatic rings. The molecule has 6 heteroatoms. The average Bonchev–Trinajstić information content (AvgIpc) is 3.03. The summed E-state index contributed by atoms with van der Waals surface area (Å²) in [7, 11) is 0. The van der Waals surface area contributed by atoms with Gasteiger partial charge in [-0.15, -0.1) is 0 Å². The Kier molecular flexibility index (Phi) is 5.09. The Morgan fingerprint density at radius 3 is 2.52 bits per heavy atom. The van der Waals surface area contributed by atoms with Gasteiger partial charge in [-0.25, -0.2) is 4.98 Å². The molecular formula is C19H19N3O3. The highest BCUT2D eigenvalue weighted by Crippen LogP contribution is 2.16. The van der Waals surface area contributed by atoms with E-state index in [1.807, 2.05) is 30.3 Å². The summed E-state index contributed by atoms with van der Waals surface area (Å²) in [5.41, 5.74) is 7.61. The van der Waals surface area contributed by atoms with Crippen molar-refractivity contribution in [2.45, 2.75) is 25.3 Å². The van der Waals surface area contributed by atoms with E-state index in [0.29, 0.717) is 24.3 Å². The van der Waals surface area contributed by atoms with E-state index in [2.05, 4.69) is 10.3 Å². The molecule has 0 radical (unpaired) electrons. The van der Waals surface area contributed by atoms with Gasteiger partial charge in [0.15, 0.2) is 11.5 Å². The van der Waals surface area contributed by atoms with Crippen molar-refractivity contribution in [1.29, 1.82) is 0 Å². The van der Waals surface area contributed by atoms with Crippen LogP contribution < -0.4 is 11.1 Å². The third-order valence-corrected chi connectivity index (χ3v) is 3.86. The van der Waals surface area contributed by atoms with Gasteiger partial charge in [0, 0.05) is 12.8 Å². The maximum absolute atomic E-state index is 12.1. The molecule has 1 aromatic heterocycles. The summed E-state index contributed by atoms with van der Waals surface area (Å²) in [6.45, 7) is 0. The Bertz CT molecular complexity index is 841. The van der Waals surface area contributed by atoms with Crippen molar-refractivity contribution in [3.63, 3.8) is 0 Å². The average molecular weight is 337 g/mol. The van der Waals surface area contributed by atoms with Crippen LogP contribution in [0, 0.1) is 0 Å². The smallest absolute Gasteiger partial charge is 0.244 e. The normalized spacial score (nSPS) is 12.0. The zero-order chi connectivity index (χ0) is 17.6. The molecule has 2 amide bonds. The van der Waals surface area contributed by atoms with Crippen LogP contribution >= 0.6 is 0 Å². The van der Waals surface area contributed by atoms with Crippen molar-refractivity contribution in [2.24, 2.45) is 5.73 Å². The number of amides is 2. The minimum Gasteiger partial charge on any atom is -0.441 e. The molecule has 2 aromatic carbocycles. The van der Waals surface area contributed by atoms with Crippen LogP contribution in [-0.2, 0) is 16.0 Å². The van der Waals surface area contributed by atoms with Crippen molar-refractivity contribution in [2.75, 3.05) is 0 Å². The Labute approximate surface area is 145 Å². The van der Waals surface area contributed by atoms with Crippen LogP contribution in [0.25, 0.3) is 11.1 Å². The molecule has 1 heterocycles. The van der Waals surface area contributed by atoms with Gasteiger partial charge in [-0.3, -0.25) is 9.59 Å². The summed E-state index contributed by atoms with van der Waals surface area (Å²) in [5.74, 6) is -0.217. The summed E-state index contributed by atoms with van der Waals surface area (Å²) in [6, 6.07) is 15.6. The van der Waals surface area contributed by atoms with Crippen molar-refractivity contribution in [3.8, 4) is 0 Å². The molecular weight excluding hydrogens is 318 g/mol. The predicted molar refractivity (Wildman–Crippen MR) is 93.5 cm³/mol. The van der Waals surface area contributed by atoms with E-state index in [0.717, 1.165) is 11.1 Å². The minimum atomic E-state index is -0.821. The number of primary amides is 1. The van der Waals surface area contributed by atoms with Crippen LogP contribution in [0.2, 0.25) is 0 Å². The molecule has 0 aliphatic heterocycles. The summed E-state index contributed by atoms with van der Waals surface area (Å²) >= 11 is 0. The SMILES string of the molecule is NC(=O)[C@@H](NC(=O)CCCc1nc2ccccc2o1)c1ccccc1. The third-order valence-electron chi connectivity index (χ3n) is 3.86. The number of nitrogens with one attached hydrogen (secondary N) is 1. The molecule has 0 aliphatic carbocycles. The molecule has 0 saturated heterocycles. The second-order valence-electron chi connectivity index (χ2n) is 5.74. The van der Waals surface area contributed by atoms with E-state index < -0.39 is 11.9 Å². The number of para-hydroxylation sites is 2. The Morgan fingerprint density at radius 2 is 1.80 bits per heavy atom. The van der Waals surface area contributed by atoms with Crippen LogP contribution in [-0.4, -0.2) is 16.8 Å². The predicted octanol–water partition coefficient (Wildman–Crippen LogP) is 2.49. The Balaban J connectivity index is 1.54. The first-order chi connectivity index (χ1) is 12.1. The molecule has 6 nitrogen and oxygen atoms in total. The topological polar surface area (TPSA) is 98.2 Å². The van der Waals surface area contributed by atoms with Crippen LogP contribution in [0.15, 0.2) is 59.0 Å². The number of fused-ring (bicyclic) bond motifs is 1. The molecule has 128 valence electrons. The van der Waals surface area contributed by atoms with Crippen molar-refractivity contribution < 1.29 is 14.0 Å². The van der Waals surface area contributed by atoms with Gasteiger partial charge in [-0.2, -0.15) is 0 Å². The summed E-state index contributed by atoms with van der Waals surface area (Å²) < 4.78 is 5.62. The number of aryl methyl sites for hydroxylation is 1. The number of rotatable bonds is 7. The highest BCUT2D eigenvalue weighted by atomic mass is 16.3. The highest BCUT2D eigenvalue weighted by Gasteiger charge is 2.19. The molecule has 0 spiro atoms. The molecule has 1 atom stereocenters. The van der Waals surface area contributed by atoms with Crippen molar-refractivity contribution >= 4 is 22.9 Å². The zero-order valence-electron chi connectivity index (χ0n) is 13.6. The van der Waals surface area contributed by atoms with Crippen LogP contribution in [0.4, 0.5) is 0 Å². The molecule has 25 heavy (non-hydrogen) atoms. The van der Waals surface area contributed by atoms with Gasteiger partial charge in [0.1, 0.15) is 11.6 Å². The van der Waals surface area contributed by atoms with E-state index >= 15 is 0 Å². The minimum absolute atomic E-state index is 0.233. The first-order valence-electron chi connectivity index (χ1n) is 8.11. The second-order valence-corrected chi connectivity index (χ2v) is 5.74. The van der Waals surface area contributed by atoms with Gasteiger partial charge in [-0.1, -0.05) is 42.5 Å². The number of carbonyl (C=O) groups excluding carboxylic acids is 2. The first-order valence-corrected chi connectivity index (χ1v) is 8.11. The monoisotopic (exact) mass is 337 g/mol. The van der Waals surface area contributed by atoms with Gasteiger partial charge in [0.05, 0.1) is 0 Å². The van der Waals surface area contributed by atoms with Crippen LogP contribution in [0.1, 0.15) is 30.3 Å². The number of nitrogens with zero attached hydrogens (tertiary/aromatic N) is 1. The third kappa shape index (κ3) is 4.23. The Morgan fingerprint density at radius 1 is 1.08 bits per heavy atom. The molecule has 0 unspecified atom stereocenters. The maximum Gasteiger partial charge on any atom is 0.244 e. The van der Waals surface area contributed by atoms with Gasteiger partial charge in [0.2, 0.25) is 11.8 Å². The first kappa shape index (κ1) is 16.7. The van der Waals surface area contributed by atoms with E-state index in [-0.39, 0.29) is 12.3 Å². The lowest BCUT2D eigenvalue weighted by Crippen LogP contribution is -2.37. The standard InChI is InChI=1S/C19H19N3O3/c20-19(24)18(13-7-2-1-3-8-13)22-16(23)11-6-12-17-21-14-9-4-5-10-15(14)25-17/h1-5,7-10,18H,6,11-12H2,(H2,20,24)(H,22,23)/t18-/m0/s1. The number of nitrogens with two attached hydrogens (primary N) is 1. The number of aromatic nitrogens is 1. The number of hydrogen-bond donors (Lipinski definition) is 2. The van der Waals surface area contributed by atoms with E-state index in [4.69, 9.17) is 10.2 Å². The lowest BCUT2D eigenvalue weighted by molar-refractivity contribution is -0.127. The summed E-state index contributed by atoms with van der Waals surface area (Å²) in [5, 5.41) is 2.68. The fraction of sp³-hybridized carbons (Fsp3) is 0.211. The molecule has 0 aliphatic rings. The zero-order valence-corrected chi connectivity index (χ0v) is 13.6. The molecule has 3 N–H and O–H groups in total. The summed E-state index contributed by atoms with van der Waals surface area (Å²) in [6.07, 6.45) is 1.38. The number of hydrogen-bond acceptors (Lipinski definition) is 4. The van der Waals surface area contributed by atoms with Crippen molar-refractivity contribution in [1.82, 2.24) is 10.3 Å². The lowest BCUT2D eigenvalue weighted by Gasteiger charge is -2.15. The fourth-order valence-electron chi connectivity index (χ4n) is 2.62. The van der Waals surface area contributed by atoms with E-state index in [1.54, 1.807) is 24.3 Å². The number of benzene rings is 2. The number of carbonyl (C=O) groups is 2. The molecule has 3 rings (SSSR count). The van der Waals surface area contributed by atoms with Gasteiger partial charge in [-0.05, 0) is 24.1 Å². The highest BCUT2D eigenvalue weighted by molar-refractivity contribution is 5.87. The summed E-state index contributed by atoms with van der Waals surface area (Å²) in [4.78, 5) is 28.1. The lowest BCUT2D eigenvalue weighted by atomic mass is 10.1. The maximum atomic E-state index is 12.1. The molecule has 0 saturated carbocycles. The fourth-order valence-corrected chi connectivity index (χ4v) is 2.62. The van der Waals surface area contributed by atoms with Crippen molar-refractivity contribution in [3.05, 3.63) is 66.1 Å². The second kappa shape index (κ2) is 7.61. The quantitative estimate of drug-likeness (QED) is 0.692. The molecule has 0 bridgehead atoms. The van der Waals surface area contributed by atoms with Crippen LogP contribution in [0.5, 0.6) is 0 Å². The Hall–Kier alpha value is -3.15. The molecule has 0 fully saturated rings. The largest absolute Gasteiger partial charge is 0.441 e. The van der Waals surface area contributed by atoms with Crippen LogP contribution in [0.3, 0.4) is 0 Å². The van der Waals surface area contributed by atoms with E-state index in [9.17, 15) is 9.59 Å². The van der Waals surface area contributed by atoms with E-state index in [1.165, 1.54) is 0 Å². The number of oxazole rings is 1. The van der Waals surface area contributed by atoms with Gasteiger partial charge < -0.3 is 15.5 Å². The van der Waals surface area contributed by atoms with Gasteiger partial charge >= 0.3 is 0 Å².